The molecular formula is C15H17BrFN3O. The molecule has 0 saturated heterocycles. The predicted molar refractivity (Wildman–Crippen MR) is 84.5 cm³/mol. The Balaban J connectivity index is 2.31. The number of nitrogens with zero attached hydrogens (tertiary/aromatic N) is 2. The molecule has 0 aliphatic rings. The lowest BCUT2D eigenvalue weighted by Gasteiger charge is -2.11. The molecule has 2 aromatic rings. The summed E-state index contributed by atoms with van der Waals surface area (Å²) in [7, 11) is 0. The molecular weight excluding hydrogens is 337 g/mol. The smallest absolute Gasteiger partial charge is 0.224 e. The van der Waals surface area contributed by atoms with Crippen molar-refractivity contribution in [3.8, 4) is 11.6 Å². The molecule has 2 rings (SSSR count). The van der Waals surface area contributed by atoms with Crippen LogP contribution in [0.2, 0.25) is 0 Å². The first-order chi connectivity index (χ1) is 9.99. The van der Waals surface area contributed by atoms with Crippen molar-refractivity contribution < 1.29 is 9.13 Å². The van der Waals surface area contributed by atoms with Crippen molar-refractivity contribution in [3.05, 3.63) is 40.4 Å². The molecule has 4 nitrogen and oxygen atoms in total. The summed E-state index contributed by atoms with van der Waals surface area (Å²) in [5.74, 6) is 1.97. The molecule has 0 bridgehead atoms. The summed E-state index contributed by atoms with van der Waals surface area (Å²) in [4.78, 5) is 8.77. The van der Waals surface area contributed by atoms with Crippen LogP contribution in [0.5, 0.6) is 11.6 Å². The van der Waals surface area contributed by atoms with Gasteiger partial charge in [-0.05, 0) is 35.0 Å². The molecule has 0 fully saturated rings. The van der Waals surface area contributed by atoms with E-state index in [0.717, 1.165) is 6.54 Å². The molecule has 0 aliphatic carbocycles. The van der Waals surface area contributed by atoms with E-state index in [4.69, 9.17) is 4.74 Å². The van der Waals surface area contributed by atoms with Crippen LogP contribution in [-0.2, 0) is 0 Å². The SMILES string of the molecule is CCNc1cc(Oc2ccc(Br)c(F)c2)nc(C(C)C)n1. The highest BCUT2D eigenvalue weighted by atomic mass is 79.9. The van der Waals surface area contributed by atoms with E-state index in [1.54, 1.807) is 18.2 Å². The van der Waals surface area contributed by atoms with Crippen LogP contribution in [0.3, 0.4) is 0 Å². The first kappa shape index (κ1) is 15.7. The molecule has 0 amide bonds. The number of ether oxygens (including phenoxy) is 1. The van der Waals surface area contributed by atoms with Crippen molar-refractivity contribution >= 4 is 21.7 Å². The average Bonchev–Trinajstić information content (AvgIpc) is 2.43. The summed E-state index contributed by atoms with van der Waals surface area (Å²) in [5, 5.41) is 3.14. The zero-order valence-corrected chi connectivity index (χ0v) is 13.7. The summed E-state index contributed by atoms with van der Waals surface area (Å²) in [5.41, 5.74) is 0. The molecule has 0 atom stereocenters. The summed E-state index contributed by atoms with van der Waals surface area (Å²) in [6.07, 6.45) is 0. The summed E-state index contributed by atoms with van der Waals surface area (Å²) < 4.78 is 19.6. The van der Waals surface area contributed by atoms with E-state index in [2.05, 4.69) is 31.2 Å². The highest BCUT2D eigenvalue weighted by Gasteiger charge is 2.10. The number of benzene rings is 1. The number of aromatic nitrogens is 2. The Hall–Kier alpha value is -1.69. The van der Waals surface area contributed by atoms with Crippen molar-refractivity contribution in [3.63, 3.8) is 0 Å². The maximum Gasteiger partial charge on any atom is 0.224 e. The summed E-state index contributed by atoms with van der Waals surface area (Å²) in [6, 6.07) is 6.29. The second-order valence-electron chi connectivity index (χ2n) is 4.81. The minimum Gasteiger partial charge on any atom is -0.439 e. The maximum atomic E-state index is 13.5. The minimum atomic E-state index is -0.377. The lowest BCUT2D eigenvalue weighted by molar-refractivity contribution is 0.452. The molecule has 0 aliphatic heterocycles. The monoisotopic (exact) mass is 353 g/mol. The third-order valence-corrected chi connectivity index (χ3v) is 3.35. The normalized spacial score (nSPS) is 10.8. The highest BCUT2D eigenvalue weighted by Crippen LogP contribution is 2.26. The van der Waals surface area contributed by atoms with Gasteiger partial charge in [0.1, 0.15) is 23.2 Å². The van der Waals surface area contributed by atoms with E-state index in [-0.39, 0.29) is 11.7 Å². The van der Waals surface area contributed by atoms with Crippen LogP contribution in [0.4, 0.5) is 10.2 Å². The van der Waals surface area contributed by atoms with Crippen molar-refractivity contribution in [1.29, 1.82) is 0 Å². The van der Waals surface area contributed by atoms with Gasteiger partial charge < -0.3 is 10.1 Å². The van der Waals surface area contributed by atoms with Crippen molar-refractivity contribution in [1.82, 2.24) is 9.97 Å². The van der Waals surface area contributed by atoms with E-state index in [9.17, 15) is 4.39 Å². The minimum absolute atomic E-state index is 0.174. The average molecular weight is 354 g/mol. The van der Waals surface area contributed by atoms with Gasteiger partial charge in [-0.1, -0.05) is 13.8 Å². The van der Waals surface area contributed by atoms with Gasteiger partial charge in [0.25, 0.3) is 0 Å². The molecule has 0 saturated carbocycles. The summed E-state index contributed by atoms with van der Waals surface area (Å²) >= 11 is 3.11. The highest BCUT2D eigenvalue weighted by molar-refractivity contribution is 9.10. The number of halogens is 2. The maximum absolute atomic E-state index is 13.5. The van der Waals surface area contributed by atoms with Crippen molar-refractivity contribution in [2.24, 2.45) is 0 Å². The van der Waals surface area contributed by atoms with Crippen LogP contribution < -0.4 is 10.1 Å². The molecule has 0 unspecified atom stereocenters. The topological polar surface area (TPSA) is 47.0 Å². The van der Waals surface area contributed by atoms with Gasteiger partial charge in [0, 0.05) is 24.6 Å². The lowest BCUT2D eigenvalue weighted by Crippen LogP contribution is -2.05. The van der Waals surface area contributed by atoms with Crippen LogP contribution in [0.25, 0.3) is 0 Å². The number of anilines is 1. The van der Waals surface area contributed by atoms with Crippen LogP contribution >= 0.6 is 15.9 Å². The number of nitrogens with one attached hydrogen (secondary N) is 1. The number of rotatable bonds is 5. The molecule has 112 valence electrons. The quantitative estimate of drug-likeness (QED) is 0.844. The Bertz CT molecular complexity index is 634. The van der Waals surface area contributed by atoms with Crippen LogP contribution in [-0.4, -0.2) is 16.5 Å². The fourth-order valence-electron chi connectivity index (χ4n) is 1.69. The Morgan fingerprint density at radius 1 is 1.29 bits per heavy atom. The van der Waals surface area contributed by atoms with E-state index >= 15 is 0 Å². The molecule has 0 radical (unpaired) electrons. The number of hydrogen-bond acceptors (Lipinski definition) is 4. The fraction of sp³-hybridized carbons (Fsp3) is 0.333. The zero-order valence-electron chi connectivity index (χ0n) is 12.2. The Kier molecular flexibility index (Phi) is 5.12. The van der Waals surface area contributed by atoms with Gasteiger partial charge >= 0.3 is 0 Å². The van der Waals surface area contributed by atoms with Crippen LogP contribution in [0.15, 0.2) is 28.7 Å². The predicted octanol–water partition coefficient (Wildman–Crippen LogP) is 4.73. The molecule has 1 N–H and O–H groups in total. The molecule has 21 heavy (non-hydrogen) atoms. The Morgan fingerprint density at radius 2 is 2.05 bits per heavy atom. The third-order valence-electron chi connectivity index (χ3n) is 2.71. The summed E-state index contributed by atoms with van der Waals surface area (Å²) in [6.45, 7) is 6.75. The first-order valence-electron chi connectivity index (χ1n) is 6.75. The van der Waals surface area contributed by atoms with Crippen LogP contribution in [0.1, 0.15) is 32.5 Å². The first-order valence-corrected chi connectivity index (χ1v) is 7.54. The van der Waals surface area contributed by atoms with Gasteiger partial charge in [-0.25, -0.2) is 9.37 Å². The van der Waals surface area contributed by atoms with E-state index in [1.807, 2.05) is 20.8 Å². The van der Waals surface area contributed by atoms with Gasteiger partial charge in [0.15, 0.2) is 0 Å². The van der Waals surface area contributed by atoms with Crippen molar-refractivity contribution in [2.45, 2.75) is 26.7 Å². The second kappa shape index (κ2) is 6.85. The van der Waals surface area contributed by atoms with E-state index < -0.39 is 0 Å². The van der Waals surface area contributed by atoms with Gasteiger partial charge in [-0.3, -0.25) is 0 Å². The second-order valence-corrected chi connectivity index (χ2v) is 5.67. The fourth-order valence-corrected chi connectivity index (χ4v) is 1.93. The molecule has 1 heterocycles. The van der Waals surface area contributed by atoms with Crippen LogP contribution in [0, 0.1) is 5.82 Å². The van der Waals surface area contributed by atoms with Gasteiger partial charge in [-0.15, -0.1) is 0 Å². The molecule has 1 aromatic heterocycles. The van der Waals surface area contributed by atoms with Gasteiger partial charge in [-0.2, -0.15) is 4.98 Å². The Labute approximate surface area is 131 Å². The third kappa shape index (κ3) is 4.14. The van der Waals surface area contributed by atoms with Gasteiger partial charge in [0.2, 0.25) is 5.88 Å². The zero-order chi connectivity index (χ0) is 15.4. The lowest BCUT2D eigenvalue weighted by atomic mass is 10.2. The van der Waals surface area contributed by atoms with E-state index in [1.165, 1.54) is 6.07 Å². The number of hydrogen-bond donors (Lipinski definition) is 1. The van der Waals surface area contributed by atoms with Gasteiger partial charge in [0.05, 0.1) is 4.47 Å². The largest absolute Gasteiger partial charge is 0.439 e. The van der Waals surface area contributed by atoms with Crippen molar-refractivity contribution in [2.75, 3.05) is 11.9 Å². The standard InChI is InChI=1S/C15H17BrFN3O/c1-4-18-13-8-14(20-15(19-13)9(2)3)21-10-5-6-11(16)12(17)7-10/h5-9H,4H2,1-3H3,(H,18,19,20). The Morgan fingerprint density at radius 3 is 2.67 bits per heavy atom. The van der Waals surface area contributed by atoms with E-state index in [0.29, 0.717) is 27.7 Å². The molecule has 6 heteroatoms. The molecule has 1 aromatic carbocycles. The molecule has 0 spiro atoms.